The number of aryl methyl sites for hydroxylation is 1. The van der Waals surface area contributed by atoms with Crippen LogP contribution in [0, 0.1) is 18.3 Å². The van der Waals surface area contributed by atoms with Crippen LogP contribution in [-0.4, -0.2) is 42.1 Å². The SMILES string of the molecule is COc1ccc(C(=O)N2CCC(C(=O)O)(C(C)C)C2)c(C)c1. The Hall–Kier alpha value is -2.04. The van der Waals surface area contributed by atoms with Gasteiger partial charge in [-0.05, 0) is 43.0 Å². The minimum Gasteiger partial charge on any atom is -0.497 e. The molecule has 1 amide bonds. The van der Waals surface area contributed by atoms with Gasteiger partial charge in [0, 0.05) is 18.7 Å². The molecule has 0 saturated carbocycles. The molecule has 0 bridgehead atoms. The molecule has 1 fully saturated rings. The summed E-state index contributed by atoms with van der Waals surface area (Å²) in [6.45, 7) is 6.42. The smallest absolute Gasteiger partial charge is 0.311 e. The summed E-state index contributed by atoms with van der Waals surface area (Å²) in [7, 11) is 1.58. The van der Waals surface area contributed by atoms with E-state index in [0.717, 1.165) is 5.56 Å². The van der Waals surface area contributed by atoms with Crippen molar-refractivity contribution in [1.82, 2.24) is 4.90 Å². The Morgan fingerprint density at radius 3 is 2.50 bits per heavy atom. The van der Waals surface area contributed by atoms with Gasteiger partial charge in [-0.2, -0.15) is 0 Å². The molecule has 0 aliphatic carbocycles. The van der Waals surface area contributed by atoms with Gasteiger partial charge in [0.2, 0.25) is 0 Å². The molecule has 1 aliphatic rings. The lowest BCUT2D eigenvalue weighted by Gasteiger charge is -2.28. The van der Waals surface area contributed by atoms with Crippen molar-refractivity contribution in [2.75, 3.05) is 20.2 Å². The second-order valence-electron chi connectivity index (χ2n) is 6.27. The van der Waals surface area contributed by atoms with Crippen LogP contribution in [-0.2, 0) is 4.79 Å². The number of hydrogen-bond acceptors (Lipinski definition) is 3. The number of carbonyl (C=O) groups excluding carboxylic acids is 1. The summed E-state index contributed by atoms with van der Waals surface area (Å²) in [5.41, 5.74) is 0.600. The number of nitrogens with zero attached hydrogens (tertiary/aromatic N) is 1. The van der Waals surface area contributed by atoms with Crippen LogP contribution in [0.1, 0.15) is 36.2 Å². The molecular formula is C17H23NO4. The summed E-state index contributed by atoms with van der Waals surface area (Å²) in [6, 6.07) is 5.31. The molecule has 0 spiro atoms. The van der Waals surface area contributed by atoms with Crippen LogP contribution >= 0.6 is 0 Å². The number of aliphatic carboxylic acids is 1. The highest BCUT2D eigenvalue weighted by Gasteiger charge is 2.48. The first-order valence-electron chi connectivity index (χ1n) is 7.49. The van der Waals surface area contributed by atoms with E-state index in [1.54, 1.807) is 24.1 Å². The zero-order valence-corrected chi connectivity index (χ0v) is 13.5. The number of amides is 1. The van der Waals surface area contributed by atoms with Crippen LogP contribution in [0.3, 0.4) is 0 Å². The quantitative estimate of drug-likeness (QED) is 0.928. The van der Waals surface area contributed by atoms with Crippen LogP contribution in [0.2, 0.25) is 0 Å². The number of hydrogen-bond donors (Lipinski definition) is 1. The van der Waals surface area contributed by atoms with Crippen molar-refractivity contribution in [3.63, 3.8) is 0 Å². The third-order valence-corrected chi connectivity index (χ3v) is 4.78. The second kappa shape index (κ2) is 5.99. The van der Waals surface area contributed by atoms with E-state index in [4.69, 9.17) is 4.74 Å². The first kappa shape index (κ1) is 16.3. The van der Waals surface area contributed by atoms with Gasteiger partial charge in [0.25, 0.3) is 5.91 Å². The average molecular weight is 305 g/mol. The lowest BCUT2D eigenvalue weighted by Crippen LogP contribution is -2.40. The molecule has 1 saturated heterocycles. The lowest BCUT2D eigenvalue weighted by molar-refractivity contribution is -0.150. The third kappa shape index (κ3) is 2.67. The zero-order valence-electron chi connectivity index (χ0n) is 13.5. The fraction of sp³-hybridized carbons (Fsp3) is 0.529. The summed E-state index contributed by atoms with van der Waals surface area (Å²) in [5, 5.41) is 9.57. The molecule has 1 heterocycles. The number of methoxy groups -OCH3 is 1. The molecule has 5 heteroatoms. The Balaban J connectivity index is 2.23. The molecule has 5 nitrogen and oxygen atoms in total. The molecule has 1 aromatic carbocycles. The van der Waals surface area contributed by atoms with Crippen molar-refractivity contribution in [1.29, 1.82) is 0 Å². The largest absolute Gasteiger partial charge is 0.497 e. The molecule has 22 heavy (non-hydrogen) atoms. The lowest BCUT2D eigenvalue weighted by atomic mass is 9.76. The molecule has 1 atom stereocenters. The van der Waals surface area contributed by atoms with Crippen molar-refractivity contribution in [3.8, 4) is 5.75 Å². The molecule has 1 unspecified atom stereocenters. The van der Waals surface area contributed by atoms with Gasteiger partial charge in [0.1, 0.15) is 5.75 Å². The number of carboxylic acid groups (broad SMARTS) is 1. The maximum absolute atomic E-state index is 12.7. The Labute approximate surface area is 130 Å². The molecule has 1 aromatic rings. The second-order valence-corrected chi connectivity index (χ2v) is 6.27. The van der Waals surface area contributed by atoms with Gasteiger partial charge in [0.15, 0.2) is 0 Å². The number of carboxylic acids is 1. The normalized spacial score (nSPS) is 21.2. The van der Waals surface area contributed by atoms with E-state index in [9.17, 15) is 14.7 Å². The van der Waals surface area contributed by atoms with Crippen molar-refractivity contribution < 1.29 is 19.4 Å². The van der Waals surface area contributed by atoms with Crippen LogP contribution < -0.4 is 4.74 Å². The molecule has 0 aromatic heterocycles. The summed E-state index contributed by atoms with van der Waals surface area (Å²) in [5.74, 6) is -0.231. The molecular weight excluding hydrogens is 282 g/mol. The van der Waals surface area contributed by atoms with Gasteiger partial charge in [-0.3, -0.25) is 9.59 Å². The van der Waals surface area contributed by atoms with E-state index in [2.05, 4.69) is 0 Å². The van der Waals surface area contributed by atoms with Gasteiger partial charge < -0.3 is 14.7 Å². The molecule has 2 rings (SSSR count). The van der Waals surface area contributed by atoms with Crippen LogP contribution in [0.15, 0.2) is 18.2 Å². The van der Waals surface area contributed by atoms with Crippen LogP contribution in [0.5, 0.6) is 5.75 Å². The highest BCUT2D eigenvalue weighted by molar-refractivity contribution is 5.96. The maximum atomic E-state index is 12.7. The predicted molar refractivity (Wildman–Crippen MR) is 83.2 cm³/mol. The van der Waals surface area contributed by atoms with E-state index in [1.165, 1.54) is 0 Å². The molecule has 1 aliphatic heterocycles. The van der Waals surface area contributed by atoms with Gasteiger partial charge in [-0.25, -0.2) is 0 Å². The first-order chi connectivity index (χ1) is 10.3. The van der Waals surface area contributed by atoms with Crippen molar-refractivity contribution >= 4 is 11.9 Å². The Morgan fingerprint density at radius 2 is 2.05 bits per heavy atom. The number of likely N-dealkylation sites (tertiary alicyclic amines) is 1. The topological polar surface area (TPSA) is 66.8 Å². The Morgan fingerprint density at radius 1 is 1.36 bits per heavy atom. The summed E-state index contributed by atoms with van der Waals surface area (Å²) in [4.78, 5) is 26.0. The van der Waals surface area contributed by atoms with Crippen LogP contribution in [0.25, 0.3) is 0 Å². The van der Waals surface area contributed by atoms with Crippen LogP contribution in [0.4, 0.5) is 0 Å². The summed E-state index contributed by atoms with van der Waals surface area (Å²) in [6.07, 6.45) is 0.501. The Bertz CT molecular complexity index is 596. The van der Waals surface area contributed by atoms with Gasteiger partial charge in [-0.1, -0.05) is 13.8 Å². The van der Waals surface area contributed by atoms with Gasteiger partial charge in [-0.15, -0.1) is 0 Å². The van der Waals surface area contributed by atoms with E-state index in [0.29, 0.717) is 24.3 Å². The minimum atomic E-state index is -0.837. The highest BCUT2D eigenvalue weighted by Crippen LogP contribution is 2.38. The number of rotatable bonds is 4. The minimum absolute atomic E-state index is 0.0141. The summed E-state index contributed by atoms with van der Waals surface area (Å²) < 4.78 is 5.15. The predicted octanol–water partition coefficient (Wildman–Crippen LogP) is 2.58. The highest BCUT2D eigenvalue weighted by atomic mass is 16.5. The van der Waals surface area contributed by atoms with Crippen molar-refractivity contribution in [2.24, 2.45) is 11.3 Å². The maximum Gasteiger partial charge on any atom is 0.311 e. The number of carbonyl (C=O) groups is 2. The number of ether oxygens (including phenoxy) is 1. The van der Waals surface area contributed by atoms with Crippen molar-refractivity contribution in [3.05, 3.63) is 29.3 Å². The zero-order chi connectivity index (χ0) is 16.5. The standard InChI is InChI=1S/C17H23NO4/c1-11(2)17(16(20)21)7-8-18(10-17)15(19)14-6-5-13(22-4)9-12(14)3/h5-6,9,11H,7-8,10H2,1-4H3,(H,20,21). The third-order valence-electron chi connectivity index (χ3n) is 4.78. The molecule has 120 valence electrons. The molecule has 0 radical (unpaired) electrons. The number of benzene rings is 1. The van der Waals surface area contributed by atoms with E-state index < -0.39 is 11.4 Å². The van der Waals surface area contributed by atoms with Gasteiger partial charge >= 0.3 is 5.97 Å². The monoisotopic (exact) mass is 305 g/mol. The fourth-order valence-electron chi connectivity index (χ4n) is 3.07. The van der Waals surface area contributed by atoms with E-state index in [1.807, 2.05) is 26.8 Å². The van der Waals surface area contributed by atoms with E-state index in [-0.39, 0.29) is 18.4 Å². The van der Waals surface area contributed by atoms with Crippen molar-refractivity contribution in [2.45, 2.75) is 27.2 Å². The average Bonchev–Trinajstić information content (AvgIpc) is 2.93. The molecule has 1 N–H and O–H groups in total. The fourth-order valence-corrected chi connectivity index (χ4v) is 3.07. The van der Waals surface area contributed by atoms with Gasteiger partial charge in [0.05, 0.1) is 12.5 Å². The first-order valence-corrected chi connectivity index (χ1v) is 7.49. The summed E-state index contributed by atoms with van der Waals surface area (Å²) >= 11 is 0. The van der Waals surface area contributed by atoms with E-state index >= 15 is 0 Å². The Kier molecular flexibility index (Phi) is 4.44.